The Bertz CT molecular complexity index is 624. The van der Waals surface area contributed by atoms with Crippen molar-refractivity contribution in [1.29, 1.82) is 0 Å². The number of carbonyl (C=O) groups is 1. The van der Waals surface area contributed by atoms with Crippen molar-refractivity contribution in [2.45, 2.75) is 45.3 Å². The van der Waals surface area contributed by atoms with E-state index in [0.29, 0.717) is 12.3 Å². The number of carbonyl (C=O) groups excluding carboxylic acids is 1. The van der Waals surface area contributed by atoms with Crippen molar-refractivity contribution in [1.82, 2.24) is 9.88 Å². The van der Waals surface area contributed by atoms with E-state index in [2.05, 4.69) is 4.98 Å². The number of aromatic nitrogens is 1. The van der Waals surface area contributed by atoms with Crippen LogP contribution in [0.5, 0.6) is 0 Å². The summed E-state index contributed by atoms with van der Waals surface area (Å²) in [5.74, 6) is 0.784. The molecule has 0 radical (unpaired) electrons. The Kier molecular flexibility index (Phi) is 3.35. The maximum Gasteiger partial charge on any atom is 0.410 e. The van der Waals surface area contributed by atoms with Crippen LogP contribution in [0.15, 0.2) is 28.8 Å². The molecule has 2 aromatic heterocycles. The number of hydrogen-bond donors (Lipinski definition) is 0. The zero-order chi connectivity index (χ0) is 15.0. The van der Waals surface area contributed by atoms with Crippen LogP contribution in [0.25, 0.3) is 11.1 Å². The highest BCUT2D eigenvalue weighted by Gasteiger charge is 2.35. The molecule has 1 saturated heterocycles. The zero-order valence-corrected chi connectivity index (χ0v) is 12.6. The number of rotatable bonds is 1. The number of pyridine rings is 1. The number of ether oxygens (including phenoxy) is 1. The van der Waals surface area contributed by atoms with Gasteiger partial charge >= 0.3 is 6.09 Å². The van der Waals surface area contributed by atoms with Gasteiger partial charge in [-0.3, -0.25) is 4.90 Å². The van der Waals surface area contributed by atoms with Crippen molar-refractivity contribution in [3.63, 3.8) is 0 Å². The molecule has 1 aliphatic heterocycles. The third kappa shape index (κ3) is 2.86. The van der Waals surface area contributed by atoms with Crippen LogP contribution < -0.4 is 0 Å². The average Bonchev–Trinajstić information content (AvgIpc) is 3.02. The van der Waals surface area contributed by atoms with Gasteiger partial charge < -0.3 is 9.15 Å². The highest BCUT2D eigenvalue weighted by atomic mass is 16.6. The Morgan fingerprint density at radius 1 is 1.48 bits per heavy atom. The fourth-order valence-corrected chi connectivity index (χ4v) is 2.66. The molecule has 3 rings (SSSR count). The van der Waals surface area contributed by atoms with Gasteiger partial charge in [0, 0.05) is 18.1 Å². The minimum Gasteiger partial charge on any atom is -0.444 e. The smallest absolute Gasteiger partial charge is 0.410 e. The van der Waals surface area contributed by atoms with Crippen LogP contribution in [0.3, 0.4) is 0 Å². The first-order valence-electron chi connectivity index (χ1n) is 7.28. The zero-order valence-electron chi connectivity index (χ0n) is 12.6. The summed E-state index contributed by atoms with van der Waals surface area (Å²) >= 11 is 0. The van der Waals surface area contributed by atoms with Gasteiger partial charge in [0.2, 0.25) is 5.71 Å². The molecule has 1 aliphatic rings. The molecule has 2 aromatic rings. The quantitative estimate of drug-likeness (QED) is 0.798. The summed E-state index contributed by atoms with van der Waals surface area (Å²) in [4.78, 5) is 18.3. The number of nitrogens with zero attached hydrogens (tertiary/aromatic N) is 2. The van der Waals surface area contributed by atoms with E-state index in [1.54, 1.807) is 11.1 Å². The Labute approximate surface area is 123 Å². The highest BCUT2D eigenvalue weighted by Crippen LogP contribution is 2.35. The van der Waals surface area contributed by atoms with Crippen LogP contribution in [-0.2, 0) is 4.74 Å². The molecule has 1 unspecified atom stereocenters. The first-order valence-corrected chi connectivity index (χ1v) is 7.28. The predicted molar refractivity (Wildman–Crippen MR) is 78.9 cm³/mol. The van der Waals surface area contributed by atoms with Gasteiger partial charge in [0.25, 0.3) is 0 Å². The lowest BCUT2D eigenvalue weighted by Gasteiger charge is -2.27. The minimum atomic E-state index is -0.486. The van der Waals surface area contributed by atoms with Crippen LogP contribution in [0.4, 0.5) is 4.79 Å². The molecule has 1 atom stereocenters. The molecule has 1 amide bonds. The van der Waals surface area contributed by atoms with Crippen LogP contribution >= 0.6 is 0 Å². The molecule has 21 heavy (non-hydrogen) atoms. The van der Waals surface area contributed by atoms with E-state index in [4.69, 9.17) is 9.15 Å². The van der Waals surface area contributed by atoms with Crippen LogP contribution in [0.1, 0.15) is 45.4 Å². The SMILES string of the molecule is CC(C)(C)OC(=O)N1CCCC1c1cc2cccnc2o1. The molecule has 112 valence electrons. The van der Waals surface area contributed by atoms with Gasteiger partial charge in [-0.1, -0.05) is 0 Å². The standard InChI is InChI=1S/C16H20N2O3/c1-16(2,3)21-15(19)18-9-5-7-12(18)13-10-11-6-4-8-17-14(11)20-13/h4,6,8,10,12H,5,7,9H2,1-3H3. The second kappa shape index (κ2) is 5.06. The van der Waals surface area contributed by atoms with E-state index < -0.39 is 5.60 Å². The van der Waals surface area contributed by atoms with E-state index in [1.165, 1.54) is 0 Å². The van der Waals surface area contributed by atoms with Gasteiger partial charge in [0.05, 0.1) is 6.04 Å². The minimum absolute atomic E-state index is 0.0611. The van der Waals surface area contributed by atoms with Gasteiger partial charge in [0.15, 0.2) is 0 Å². The molecule has 5 heteroatoms. The van der Waals surface area contributed by atoms with Crippen LogP contribution in [0, 0.1) is 0 Å². The molecule has 0 spiro atoms. The Morgan fingerprint density at radius 2 is 2.29 bits per heavy atom. The monoisotopic (exact) mass is 288 g/mol. The third-order valence-electron chi connectivity index (χ3n) is 3.52. The van der Waals surface area contributed by atoms with E-state index >= 15 is 0 Å². The molecule has 0 aromatic carbocycles. The first kappa shape index (κ1) is 13.9. The molecule has 0 bridgehead atoms. The van der Waals surface area contributed by atoms with Gasteiger partial charge in [-0.05, 0) is 51.8 Å². The number of hydrogen-bond acceptors (Lipinski definition) is 4. The van der Waals surface area contributed by atoms with Crippen LogP contribution in [0.2, 0.25) is 0 Å². The maximum atomic E-state index is 12.3. The van der Waals surface area contributed by atoms with Crippen molar-refractivity contribution < 1.29 is 13.9 Å². The lowest BCUT2D eigenvalue weighted by Crippen LogP contribution is -2.36. The third-order valence-corrected chi connectivity index (χ3v) is 3.52. The largest absolute Gasteiger partial charge is 0.444 e. The fourth-order valence-electron chi connectivity index (χ4n) is 2.66. The molecule has 1 fully saturated rings. The first-order chi connectivity index (χ1) is 9.94. The van der Waals surface area contributed by atoms with E-state index in [-0.39, 0.29) is 12.1 Å². The van der Waals surface area contributed by atoms with Gasteiger partial charge in [0.1, 0.15) is 11.4 Å². The maximum absolute atomic E-state index is 12.3. The summed E-state index contributed by atoms with van der Waals surface area (Å²) in [6.45, 7) is 6.33. The Balaban J connectivity index is 1.85. The van der Waals surface area contributed by atoms with Crippen molar-refractivity contribution in [3.05, 3.63) is 30.2 Å². The van der Waals surface area contributed by atoms with Crippen molar-refractivity contribution in [3.8, 4) is 0 Å². The molecular formula is C16H20N2O3. The fraction of sp³-hybridized carbons (Fsp3) is 0.500. The number of likely N-dealkylation sites (tertiary alicyclic amines) is 1. The Hall–Kier alpha value is -2.04. The topological polar surface area (TPSA) is 55.6 Å². The van der Waals surface area contributed by atoms with Gasteiger partial charge in [-0.15, -0.1) is 0 Å². The van der Waals surface area contributed by atoms with E-state index in [1.807, 2.05) is 39.0 Å². The second-order valence-electron chi connectivity index (χ2n) is 6.38. The average molecular weight is 288 g/mol. The van der Waals surface area contributed by atoms with E-state index in [9.17, 15) is 4.79 Å². The van der Waals surface area contributed by atoms with Gasteiger partial charge in [-0.2, -0.15) is 0 Å². The molecular weight excluding hydrogens is 268 g/mol. The molecule has 5 nitrogen and oxygen atoms in total. The van der Waals surface area contributed by atoms with E-state index in [0.717, 1.165) is 24.0 Å². The molecule has 0 N–H and O–H groups in total. The summed E-state index contributed by atoms with van der Waals surface area (Å²) < 4.78 is 11.3. The highest BCUT2D eigenvalue weighted by molar-refractivity contribution is 5.74. The van der Waals surface area contributed by atoms with Crippen molar-refractivity contribution >= 4 is 17.2 Å². The summed E-state index contributed by atoms with van der Waals surface area (Å²) in [5.41, 5.74) is 0.128. The van der Waals surface area contributed by atoms with Crippen molar-refractivity contribution in [2.24, 2.45) is 0 Å². The molecule has 3 heterocycles. The number of furan rings is 1. The lowest BCUT2D eigenvalue weighted by molar-refractivity contribution is 0.0209. The second-order valence-corrected chi connectivity index (χ2v) is 6.38. The van der Waals surface area contributed by atoms with Gasteiger partial charge in [-0.25, -0.2) is 9.78 Å². The predicted octanol–water partition coefficient (Wildman–Crippen LogP) is 3.90. The molecule has 0 saturated carbocycles. The normalized spacial score (nSPS) is 19.2. The summed E-state index contributed by atoms with van der Waals surface area (Å²) in [6, 6.07) is 5.74. The van der Waals surface area contributed by atoms with Crippen LogP contribution in [-0.4, -0.2) is 28.1 Å². The number of fused-ring (bicyclic) bond motifs is 1. The molecule has 0 aliphatic carbocycles. The van der Waals surface area contributed by atoms with Crippen molar-refractivity contribution in [2.75, 3.05) is 6.54 Å². The lowest BCUT2D eigenvalue weighted by atomic mass is 10.1. The number of amides is 1. The summed E-state index contributed by atoms with van der Waals surface area (Å²) in [5, 5.41) is 0.962. The Morgan fingerprint density at radius 3 is 3.00 bits per heavy atom. The summed E-state index contributed by atoms with van der Waals surface area (Å²) in [7, 11) is 0. The summed E-state index contributed by atoms with van der Waals surface area (Å²) in [6.07, 6.45) is 3.27.